The molecule has 2 rings (SSSR count). The predicted molar refractivity (Wildman–Crippen MR) is 42.0 cm³/mol. The molecule has 0 aromatic heterocycles. The van der Waals surface area contributed by atoms with E-state index in [4.69, 9.17) is 0 Å². The summed E-state index contributed by atoms with van der Waals surface area (Å²) in [4.78, 5) is 0. The lowest BCUT2D eigenvalue weighted by atomic mass is 10.1. The average molecular weight is 170 g/mol. The maximum Gasteiger partial charge on any atom is 0.123 e. The van der Waals surface area contributed by atoms with E-state index in [0.717, 1.165) is 11.1 Å². The Bertz CT molecular complexity index is 322. The van der Waals surface area contributed by atoms with Gasteiger partial charge in [0.2, 0.25) is 0 Å². The maximum absolute atomic E-state index is 12.6. The minimum absolute atomic E-state index is 0.234. The zero-order valence-corrected chi connectivity index (χ0v) is 6.66. The third kappa shape index (κ3) is 1.20. The van der Waals surface area contributed by atoms with Crippen LogP contribution in [0.25, 0.3) is 0 Å². The van der Waals surface area contributed by atoms with Crippen molar-refractivity contribution in [2.75, 3.05) is 0 Å². The number of fused-ring (bicyclic) bond motifs is 1. The zero-order chi connectivity index (χ0) is 7.84. The lowest BCUT2D eigenvalue weighted by Crippen LogP contribution is -1.83. The van der Waals surface area contributed by atoms with Crippen molar-refractivity contribution in [3.8, 4) is 0 Å². The van der Waals surface area contributed by atoms with Crippen molar-refractivity contribution in [2.24, 2.45) is 0 Å². The molecule has 1 aromatic rings. The van der Waals surface area contributed by atoms with Crippen molar-refractivity contribution < 1.29 is 8.60 Å². The third-order valence-corrected chi connectivity index (χ3v) is 3.07. The molecule has 0 saturated heterocycles. The first-order valence-electron chi connectivity index (χ1n) is 3.38. The van der Waals surface area contributed by atoms with E-state index in [9.17, 15) is 8.60 Å². The van der Waals surface area contributed by atoms with Crippen molar-refractivity contribution in [1.82, 2.24) is 0 Å². The first-order chi connectivity index (χ1) is 5.25. The fraction of sp³-hybridized carbons (Fsp3) is 0.250. The summed E-state index contributed by atoms with van der Waals surface area (Å²) in [5, 5.41) is 0. The minimum Gasteiger partial charge on any atom is -0.259 e. The van der Waals surface area contributed by atoms with Crippen LogP contribution in [0.1, 0.15) is 11.1 Å². The fourth-order valence-electron chi connectivity index (χ4n) is 1.27. The monoisotopic (exact) mass is 170 g/mol. The van der Waals surface area contributed by atoms with Gasteiger partial charge in [-0.2, -0.15) is 0 Å². The van der Waals surface area contributed by atoms with Crippen molar-refractivity contribution in [3.63, 3.8) is 0 Å². The maximum atomic E-state index is 12.6. The van der Waals surface area contributed by atoms with Gasteiger partial charge in [-0.15, -0.1) is 0 Å². The molecule has 0 aliphatic carbocycles. The summed E-state index contributed by atoms with van der Waals surface area (Å²) in [6, 6.07) is 4.61. The number of halogens is 1. The molecule has 1 nitrogen and oxygen atoms in total. The normalized spacial score (nSPS) is 21.7. The molecule has 1 heterocycles. The summed E-state index contributed by atoms with van der Waals surface area (Å²) in [6.07, 6.45) is 0. The number of hydrogen-bond acceptors (Lipinski definition) is 1. The van der Waals surface area contributed by atoms with Gasteiger partial charge < -0.3 is 0 Å². The highest BCUT2D eigenvalue weighted by atomic mass is 32.2. The Kier molecular flexibility index (Phi) is 1.53. The summed E-state index contributed by atoms with van der Waals surface area (Å²) in [7, 11) is -0.794. The van der Waals surface area contributed by atoms with Crippen LogP contribution in [0.3, 0.4) is 0 Å². The molecule has 58 valence electrons. The summed E-state index contributed by atoms with van der Waals surface area (Å²) in [5.41, 5.74) is 1.94. The van der Waals surface area contributed by atoms with E-state index < -0.39 is 10.8 Å². The van der Waals surface area contributed by atoms with Crippen LogP contribution >= 0.6 is 0 Å². The molecule has 1 aliphatic rings. The topological polar surface area (TPSA) is 17.1 Å². The summed E-state index contributed by atoms with van der Waals surface area (Å²) in [5.74, 6) is 0.880. The van der Waals surface area contributed by atoms with Gasteiger partial charge in [0.1, 0.15) is 5.82 Å². The molecule has 0 saturated carbocycles. The zero-order valence-electron chi connectivity index (χ0n) is 5.84. The molecule has 0 bridgehead atoms. The van der Waals surface area contributed by atoms with Gasteiger partial charge in [0.15, 0.2) is 0 Å². The van der Waals surface area contributed by atoms with Crippen LogP contribution in [-0.4, -0.2) is 4.21 Å². The van der Waals surface area contributed by atoms with Gasteiger partial charge in [0, 0.05) is 22.3 Å². The fourth-order valence-corrected chi connectivity index (χ4v) is 2.61. The largest absolute Gasteiger partial charge is 0.259 e. The van der Waals surface area contributed by atoms with E-state index in [1.165, 1.54) is 12.1 Å². The Morgan fingerprint density at radius 2 is 2.00 bits per heavy atom. The van der Waals surface area contributed by atoms with Gasteiger partial charge in [-0.1, -0.05) is 6.07 Å². The highest BCUT2D eigenvalue weighted by molar-refractivity contribution is 7.83. The van der Waals surface area contributed by atoms with E-state index in [1.807, 2.05) is 0 Å². The summed E-state index contributed by atoms with van der Waals surface area (Å²) >= 11 is 0. The number of rotatable bonds is 0. The van der Waals surface area contributed by atoms with Gasteiger partial charge in [0.05, 0.1) is 0 Å². The number of benzene rings is 1. The Labute approximate surface area is 66.7 Å². The number of hydrogen-bond donors (Lipinski definition) is 0. The van der Waals surface area contributed by atoms with Crippen molar-refractivity contribution in [2.45, 2.75) is 11.5 Å². The van der Waals surface area contributed by atoms with Crippen molar-refractivity contribution >= 4 is 10.8 Å². The molecule has 1 aromatic carbocycles. The second-order valence-electron chi connectivity index (χ2n) is 2.64. The summed E-state index contributed by atoms with van der Waals surface area (Å²) in [6.45, 7) is 0. The predicted octanol–water partition coefficient (Wildman–Crippen LogP) is 1.59. The Hall–Kier alpha value is -0.700. The lowest BCUT2D eigenvalue weighted by molar-refractivity contribution is 0.626. The molecule has 1 atom stereocenters. The molecule has 0 N–H and O–H groups in total. The first-order valence-corrected chi connectivity index (χ1v) is 4.87. The molecular weight excluding hydrogens is 163 g/mol. The second-order valence-corrected chi connectivity index (χ2v) is 4.10. The van der Waals surface area contributed by atoms with Gasteiger partial charge in [-0.3, -0.25) is 4.21 Å². The smallest absolute Gasteiger partial charge is 0.123 e. The van der Waals surface area contributed by atoms with Crippen LogP contribution in [0.15, 0.2) is 18.2 Å². The van der Waals surface area contributed by atoms with E-state index in [0.29, 0.717) is 11.5 Å². The van der Waals surface area contributed by atoms with Crippen molar-refractivity contribution in [1.29, 1.82) is 0 Å². The van der Waals surface area contributed by atoms with E-state index in [1.54, 1.807) is 6.07 Å². The van der Waals surface area contributed by atoms with Gasteiger partial charge in [-0.25, -0.2) is 4.39 Å². The van der Waals surface area contributed by atoms with Crippen LogP contribution in [0.2, 0.25) is 0 Å². The van der Waals surface area contributed by atoms with Crippen LogP contribution in [0.4, 0.5) is 4.39 Å². The summed E-state index contributed by atoms with van der Waals surface area (Å²) < 4.78 is 23.6. The van der Waals surface area contributed by atoms with Gasteiger partial charge in [-0.05, 0) is 23.3 Å². The Morgan fingerprint density at radius 1 is 1.27 bits per heavy atom. The molecule has 0 fully saturated rings. The lowest BCUT2D eigenvalue weighted by Gasteiger charge is -1.94. The quantitative estimate of drug-likeness (QED) is 0.578. The molecule has 0 spiro atoms. The SMILES string of the molecule is O=S1Cc2ccc(F)cc2C1. The van der Waals surface area contributed by atoms with Crippen LogP contribution in [0, 0.1) is 5.82 Å². The van der Waals surface area contributed by atoms with E-state index in [-0.39, 0.29) is 5.82 Å². The molecule has 0 radical (unpaired) electrons. The third-order valence-electron chi connectivity index (χ3n) is 1.80. The molecule has 3 heteroatoms. The molecule has 1 aliphatic heterocycles. The van der Waals surface area contributed by atoms with Crippen LogP contribution in [0.5, 0.6) is 0 Å². The molecule has 11 heavy (non-hydrogen) atoms. The molecule has 0 amide bonds. The minimum atomic E-state index is -0.794. The highest BCUT2D eigenvalue weighted by Gasteiger charge is 2.16. The van der Waals surface area contributed by atoms with E-state index in [2.05, 4.69) is 0 Å². The van der Waals surface area contributed by atoms with Crippen LogP contribution < -0.4 is 0 Å². The Balaban J connectivity index is 2.51. The van der Waals surface area contributed by atoms with Gasteiger partial charge >= 0.3 is 0 Å². The first kappa shape index (κ1) is 6.98. The Morgan fingerprint density at radius 3 is 2.82 bits per heavy atom. The molecule has 1 unspecified atom stereocenters. The standard InChI is InChI=1S/C8H7FOS/c9-8-2-1-6-4-11(10)5-7(6)3-8/h1-3H,4-5H2. The van der Waals surface area contributed by atoms with Crippen LogP contribution in [-0.2, 0) is 22.3 Å². The average Bonchev–Trinajstić information content (AvgIpc) is 2.27. The van der Waals surface area contributed by atoms with Gasteiger partial charge in [0.25, 0.3) is 0 Å². The molecular formula is C8H7FOS. The van der Waals surface area contributed by atoms with E-state index >= 15 is 0 Å². The van der Waals surface area contributed by atoms with Crippen molar-refractivity contribution in [3.05, 3.63) is 35.1 Å². The highest BCUT2D eigenvalue weighted by Crippen LogP contribution is 2.22. The second kappa shape index (κ2) is 2.41.